The van der Waals surface area contributed by atoms with Crippen LogP contribution in [0.15, 0.2) is 60.3 Å². The molecule has 1 saturated heterocycles. The standard InChI is InChI=1S/C22H24N4O3/c1-28-19-8-9-21(29-2)20(14-19)24-22(27)17(15-23)16-25-10-12-26(13-11-25)18-6-4-3-5-7-18/h3-9,14,16H,10-13H2,1-2H3,(H,24,27)/b17-16-. The van der Waals surface area contributed by atoms with Gasteiger partial charge in [-0.15, -0.1) is 0 Å². The zero-order valence-electron chi connectivity index (χ0n) is 16.6. The summed E-state index contributed by atoms with van der Waals surface area (Å²) in [5, 5.41) is 12.2. The quantitative estimate of drug-likeness (QED) is 0.602. The second kappa shape index (κ2) is 9.51. The second-order valence-corrected chi connectivity index (χ2v) is 6.53. The molecule has 2 aromatic rings. The Morgan fingerprint density at radius 2 is 1.79 bits per heavy atom. The highest BCUT2D eigenvalue weighted by Crippen LogP contribution is 2.29. The van der Waals surface area contributed by atoms with Crippen LogP contribution >= 0.6 is 0 Å². The van der Waals surface area contributed by atoms with E-state index in [1.54, 1.807) is 31.5 Å². The summed E-state index contributed by atoms with van der Waals surface area (Å²) in [5.74, 6) is 0.595. The molecule has 0 aromatic heterocycles. The number of para-hydroxylation sites is 1. The number of amides is 1. The van der Waals surface area contributed by atoms with Crippen molar-refractivity contribution in [1.29, 1.82) is 5.26 Å². The average Bonchev–Trinajstić information content (AvgIpc) is 2.78. The van der Waals surface area contributed by atoms with Crippen LogP contribution in [0.25, 0.3) is 0 Å². The molecule has 150 valence electrons. The van der Waals surface area contributed by atoms with E-state index in [0.717, 1.165) is 26.2 Å². The van der Waals surface area contributed by atoms with Crippen molar-refractivity contribution < 1.29 is 14.3 Å². The number of benzene rings is 2. The number of nitriles is 1. The minimum absolute atomic E-state index is 0.0445. The number of piperazine rings is 1. The van der Waals surface area contributed by atoms with Gasteiger partial charge in [-0.05, 0) is 24.3 Å². The first kappa shape index (κ1) is 20.1. The van der Waals surface area contributed by atoms with Crippen LogP contribution in [-0.4, -0.2) is 51.2 Å². The predicted octanol–water partition coefficient (Wildman–Crippen LogP) is 2.87. The molecule has 3 rings (SSSR count). The van der Waals surface area contributed by atoms with Crippen LogP contribution in [0.4, 0.5) is 11.4 Å². The highest BCUT2D eigenvalue weighted by Gasteiger charge is 2.18. The van der Waals surface area contributed by atoms with Crippen molar-refractivity contribution in [3.05, 3.63) is 60.3 Å². The van der Waals surface area contributed by atoms with Gasteiger partial charge >= 0.3 is 0 Å². The third-order valence-electron chi connectivity index (χ3n) is 4.77. The van der Waals surface area contributed by atoms with Gasteiger partial charge in [0.05, 0.1) is 19.9 Å². The first-order valence-electron chi connectivity index (χ1n) is 9.34. The molecular weight excluding hydrogens is 368 g/mol. The van der Waals surface area contributed by atoms with Crippen molar-refractivity contribution in [2.24, 2.45) is 0 Å². The average molecular weight is 392 g/mol. The van der Waals surface area contributed by atoms with Crippen molar-refractivity contribution in [1.82, 2.24) is 4.90 Å². The van der Waals surface area contributed by atoms with Gasteiger partial charge in [0.15, 0.2) is 0 Å². The lowest BCUT2D eigenvalue weighted by atomic mass is 10.2. The van der Waals surface area contributed by atoms with E-state index in [9.17, 15) is 10.1 Å². The Morgan fingerprint density at radius 1 is 1.07 bits per heavy atom. The molecule has 0 spiro atoms. The topological polar surface area (TPSA) is 77.8 Å². The monoisotopic (exact) mass is 392 g/mol. The number of hydrogen-bond acceptors (Lipinski definition) is 6. The van der Waals surface area contributed by atoms with E-state index >= 15 is 0 Å². The predicted molar refractivity (Wildman–Crippen MR) is 112 cm³/mol. The smallest absolute Gasteiger partial charge is 0.267 e. The van der Waals surface area contributed by atoms with E-state index < -0.39 is 5.91 Å². The van der Waals surface area contributed by atoms with Crippen LogP contribution in [0, 0.1) is 11.3 Å². The normalized spacial score (nSPS) is 14.2. The van der Waals surface area contributed by atoms with E-state index in [2.05, 4.69) is 22.3 Å². The first-order chi connectivity index (χ1) is 14.1. The summed E-state index contributed by atoms with van der Waals surface area (Å²) in [6.07, 6.45) is 1.63. The maximum atomic E-state index is 12.6. The maximum absolute atomic E-state index is 12.6. The van der Waals surface area contributed by atoms with Gasteiger partial charge in [-0.1, -0.05) is 18.2 Å². The number of rotatable bonds is 6. The fourth-order valence-electron chi connectivity index (χ4n) is 3.17. The molecule has 0 radical (unpaired) electrons. The lowest BCUT2D eigenvalue weighted by molar-refractivity contribution is -0.112. The van der Waals surface area contributed by atoms with Gasteiger partial charge in [0.2, 0.25) is 0 Å². The Morgan fingerprint density at radius 3 is 2.41 bits per heavy atom. The lowest BCUT2D eigenvalue weighted by Crippen LogP contribution is -2.44. The zero-order valence-corrected chi connectivity index (χ0v) is 16.6. The van der Waals surface area contributed by atoms with E-state index in [1.165, 1.54) is 12.8 Å². The molecule has 1 aliphatic heterocycles. The Balaban J connectivity index is 1.66. The van der Waals surface area contributed by atoms with Crippen LogP contribution in [0.2, 0.25) is 0 Å². The summed E-state index contributed by atoms with van der Waals surface area (Å²) in [5.41, 5.74) is 1.68. The number of nitrogens with one attached hydrogen (secondary N) is 1. The van der Waals surface area contributed by atoms with Crippen molar-refractivity contribution in [2.75, 3.05) is 50.6 Å². The van der Waals surface area contributed by atoms with Crippen molar-refractivity contribution in [2.45, 2.75) is 0 Å². The fraction of sp³-hybridized carbons (Fsp3) is 0.273. The molecular formula is C22H24N4O3. The summed E-state index contributed by atoms with van der Waals surface area (Å²) in [7, 11) is 3.06. The molecule has 29 heavy (non-hydrogen) atoms. The minimum Gasteiger partial charge on any atom is -0.497 e. The first-order valence-corrected chi connectivity index (χ1v) is 9.34. The number of carbonyl (C=O) groups is 1. The molecule has 0 bridgehead atoms. The summed E-state index contributed by atoms with van der Waals surface area (Å²) >= 11 is 0. The molecule has 7 nitrogen and oxygen atoms in total. The van der Waals surface area contributed by atoms with Crippen molar-refractivity contribution in [3.8, 4) is 17.6 Å². The molecule has 0 unspecified atom stereocenters. The van der Waals surface area contributed by atoms with Gasteiger partial charge in [-0.2, -0.15) is 5.26 Å². The van der Waals surface area contributed by atoms with Gasteiger partial charge < -0.3 is 24.6 Å². The molecule has 0 aliphatic carbocycles. The molecule has 1 fully saturated rings. The maximum Gasteiger partial charge on any atom is 0.267 e. The van der Waals surface area contributed by atoms with Gasteiger partial charge in [0, 0.05) is 44.1 Å². The van der Waals surface area contributed by atoms with Crippen LogP contribution in [0.5, 0.6) is 11.5 Å². The largest absolute Gasteiger partial charge is 0.497 e. The molecule has 1 heterocycles. The molecule has 1 aliphatic rings. The number of ether oxygens (including phenoxy) is 2. The van der Waals surface area contributed by atoms with E-state index in [0.29, 0.717) is 17.2 Å². The minimum atomic E-state index is -0.482. The Hall–Kier alpha value is -3.66. The summed E-state index contributed by atoms with van der Waals surface area (Å²) in [6.45, 7) is 3.11. The highest BCUT2D eigenvalue weighted by molar-refractivity contribution is 6.07. The van der Waals surface area contributed by atoms with Gasteiger partial charge in [-0.25, -0.2) is 0 Å². The molecule has 0 atom stereocenters. The molecule has 1 amide bonds. The number of hydrogen-bond donors (Lipinski definition) is 1. The van der Waals surface area contributed by atoms with E-state index in [-0.39, 0.29) is 5.57 Å². The highest BCUT2D eigenvalue weighted by atomic mass is 16.5. The number of carbonyl (C=O) groups excluding carboxylic acids is 1. The molecule has 7 heteroatoms. The molecule has 1 N–H and O–H groups in total. The molecule has 0 saturated carbocycles. The van der Waals surface area contributed by atoms with E-state index in [1.807, 2.05) is 29.2 Å². The number of methoxy groups -OCH3 is 2. The summed E-state index contributed by atoms with van der Waals surface area (Å²) < 4.78 is 10.5. The Labute approximate surface area is 170 Å². The van der Waals surface area contributed by atoms with E-state index in [4.69, 9.17) is 9.47 Å². The van der Waals surface area contributed by atoms with Gasteiger partial charge in [-0.3, -0.25) is 4.79 Å². The van der Waals surface area contributed by atoms with Crippen molar-refractivity contribution in [3.63, 3.8) is 0 Å². The Kier molecular flexibility index (Phi) is 6.59. The lowest BCUT2D eigenvalue weighted by Gasteiger charge is -2.35. The molecule has 2 aromatic carbocycles. The third-order valence-corrected chi connectivity index (χ3v) is 4.77. The third kappa shape index (κ3) is 4.99. The SMILES string of the molecule is COc1ccc(OC)c(NC(=O)/C(C#N)=C\N2CCN(c3ccccc3)CC2)c1. The van der Waals surface area contributed by atoms with Crippen LogP contribution in [0.3, 0.4) is 0 Å². The van der Waals surface area contributed by atoms with Gasteiger partial charge in [0.25, 0.3) is 5.91 Å². The number of nitrogens with zero attached hydrogens (tertiary/aromatic N) is 3. The summed E-state index contributed by atoms with van der Waals surface area (Å²) in [4.78, 5) is 16.9. The van der Waals surface area contributed by atoms with Crippen LogP contribution < -0.4 is 19.7 Å². The van der Waals surface area contributed by atoms with Crippen LogP contribution in [0.1, 0.15) is 0 Å². The van der Waals surface area contributed by atoms with Gasteiger partial charge in [0.1, 0.15) is 23.1 Å². The number of anilines is 2. The second-order valence-electron chi connectivity index (χ2n) is 6.53. The van der Waals surface area contributed by atoms with Crippen molar-refractivity contribution >= 4 is 17.3 Å². The Bertz CT molecular complexity index is 913. The summed E-state index contributed by atoms with van der Waals surface area (Å²) in [6, 6.07) is 17.3. The van der Waals surface area contributed by atoms with Crippen LogP contribution in [-0.2, 0) is 4.79 Å². The zero-order chi connectivity index (χ0) is 20.6. The fourth-order valence-corrected chi connectivity index (χ4v) is 3.17.